The first-order valence-electron chi connectivity index (χ1n) is 5.98. The highest BCUT2D eigenvalue weighted by atomic mass is 32.2. The molecule has 0 aliphatic carbocycles. The van der Waals surface area contributed by atoms with Crippen molar-refractivity contribution in [3.05, 3.63) is 6.20 Å². The smallest absolute Gasteiger partial charge is 0.241 e. The fraction of sp³-hybridized carbons (Fsp3) is 0.500. The summed E-state index contributed by atoms with van der Waals surface area (Å²) >= 11 is 4.02. The molecule has 1 atom stereocenters. The van der Waals surface area contributed by atoms with Crippen LogP contribution in [0.4, 0.5) is 11.8 Å². The first-order valence-corrected chi connectivity index (χ1v) is 8.18. The van der Waals surface area contributed by atoms with Gasteiger partial charge >= 0.3 is 0 Å². The molecule has 0 radical (unpaired) electrons. The van der Waals surface area contributed by atoms with Crippen LogP contribution in [-0.4, -0.2) is 49.2 Å². The summed E-state index contributed by atoms with van der Waals surface area (Å²) in [4.78, 5) is 8.54. The monoisotopic (exact) mass is 297 g/mol. The number of aromatic amines is 1. The van der Waals surface area contributed by atoms with Crippen molar-refractivity contribution in [2.24, 2.45) is 5.84 Å². The highest BCUT2D eigenvalue weighted by molar-refractivity contribution is 8.06. The maximum absolute atomic E-state index is 5.37. The number of aromatic nitrogens is 4. The Morgan fingerprint density at radius 2 is 2.37 bits per heavy atom. The Hall–Kier alpha value is -1.19. The summed E-state index contributed by atoms with van der Waals surface area (Å²) in [6, 6.07) is 0. The number of nitrogens with zero attached hydrogens (tertiary/aromatic N) is 3. The molecule has 3 heterocycles. The molecule has 1 unspecified atom stereocenters. The third kappa shape index (κ3) is 2.88. The second kappa shape index (κ2) is 5.85. The van der Waals surface area contributed by atoms with Crippen molar-refractivity contribution in [1.29, 1.82) is 0 Å². The van der Waals surface area contributed by atoms with Gasteiger partial charge in [-0.1, -0.05) is 0 Å². The summed E-state index contributed by atoms with van der Waals surface area (Å²) in [6.07, 6.45) is 1.72. The summed E-state index contributed by atoms with van der Waals surface area (Å²) in [7, 11) is 0. The zero-order valence-electron chi connectivity index (χ0n) is 10.2. The first kappa shape index (κ1) is 12.8. The van der Waals surface area contributed by atoms with E-state index in [1.807, 2.05) is 23.5 Å². The van der Waals surface area contributed by atoms with Gasteiger partial charge in [0.25, 0.3) is 0 Å². The van der Waals surface area contributed by atoms with Gasteiger partial charge in [0.15, 0.2) is 5.65 Å². The molecule has 0 amide bonds. The summed E-state index contributed by atoms with van der Waals surface area (Å²) in [5, 5.41) is 11.7. The zero-order valence-corrected chi connectivity index (χ0v) is 11.9. The van der Waals surface area contributed by atoms with E-state index < -0.39 is 0 Å². The third-order valence-electron chi connectivity index (χ3n) is 2.82. The van der Waals surface area contributed by atoms with Crippen LogP contribution in [0.3, 0.4) is 0 Å². The Balaban J connectivity index is 1.77. The van der Waals surface area contributed by atoms with Gasteiger partial charge in [-0.25, -0.2) is 5.84 Å². The van der Waals surface area contributed by atoms with Gasteiger partial charge in [-0.05, 0) is 0 Å². The van der Waals surface area contributed by atoms with Crippen molar-refractivity contribution in [2.75, 3.05) is 34.5 Å². The average molecular weight is 297 g/mol. The van der Waals surface area contributed by atoms with Crippen LogP contribution in [0.15, 0.2) is 6.20 Å². The summed E-state index contributed by atoms with van der Waals surface area (Å²) in [5.74, 6) is 10.2. The van der Waals surface area contributed by atoms with Crippen molar-refractivity contribution in [3.8, 4) is 0 Å². The van der Waals surface area contributed by atoms with Gasteiger partial charge in [0.1, 0.15) is 5.82 Å². The van der Waals surface area contributed by atoms with E-state index in [9.17, 15) is 0 Å². The van der Waals surface area contributed by atoms with Crippen LogP contribution in [0.5, 0.6) is 0 Å². The Morgan fingerprint density at radius 1 is 1.42 bits per heavy atom. The van der Waals surface area contributed by atoms with Gasteiger partial charge in [-0.3, -0.25) is 10.5 Å². The molecule has 5 N–H and O–H groups in total. The lowest BCUT2D eigenvalue weighted by atomic mass is 10.3. The van der Waals surface area contributed by atoms with Crippen molar-refractivity contribution in [1.82, 2.24) is 20.2 Å². The molecule has 1 saturated heterocycles. The average Bonchev–Trinajstić information content (AvgIpc) is 2.94. The first-order chi connectivity index (χ1) is 9.36. The Labute approximate surface area is 118 Å². The Bertz CT molecular complexity index is 552. The van der Waals surface area contributed by atoms with Gasteiger partial charge in [0, 0.05) is 29.1 Å². The molecule has 1 aliphatic rings. The molecule has 102 valence electrons. The maximum Gasteiger partial charge on any atom is 0.241 e. The zero-order chi connectivity index (χ0) is 13.1. The lowest BCUT2D eigenvalue weighted by Gasteiger charge is -2.21. The molecule has 0 bridgehead atoms. The SMILES string of the molecule is NNc1nc(NCC2CSCCS2)c2cn[nH]c2n1. The van der Waals surface area contributed by atoms with Gasteiger partial charge < -0.3 is 5.32 Å². The number of thioether (sulfide) groups is 2. The maximum atomic E-state index is 5.37. The number of fused-ring (bicyclic) bond motifs is 1. The molecule has 19 heavy (non-hydrogen) atoms. The second-order valence-corrected chi connectivity index (χ2v) is 6.68. The second-order valence-electron chi connectivity index (χ2n) is 4.12. The molecule has 1 aliphatic heterocycles. The number of hydrazine groups is 1. The van der Waals surface area contributed by atoms with Gasteiger partial charge in [-0.15, -0.1) is 0 Å². The highest BCUT2D eigenvalue weighted by Gasteiger charge is 2.15. The van der Waals surface area contributed by atoms with E-state index in [-0.39, 0.29) is 0 Å². The quantitative estimate of drug-likeness (QED) is 0.487. The summed E-state index contributed by atoms with van der Waals surface area (Å²) < 4.78 is 0. The molecular formula is C10H15N7S2. The van der Waals surface area contributed by atoms with E-state index in [1.54, 1.807) is 6.20 Å². The Kier molecular flexibility index (Phi) is 3.95. The molecule has 0 spiro atoms. The fourth-order valence-corrected chi connectivity index (χ4v) is 4.51. The Morgan fingerprint density at radius 3 is 3.16 bits per heavy atom. The van der Waals surface area contributed by atoms with Crippen LogP contribution >= 0.6 is 23.5 Å². The van der Waals surface area contributed by atoms with Gasteiger partial charge in [0.05, 0.1) is 11.6 Å². The standard InChI is InChI=1S/C10H15N7S2/c11-16-10-14-8(7-4-13-17-9(7)15-10)12-3-6-5-18-1-2-19-6/h4,6H,1-3,5,11H2,(H3,12,13,14,15,16,17). The minimum absolute atomic E-state index is 0.380. The van der Waals surface area contributed by atoms with E-state index in [4.69, 9.17) is 5.84 Å². The fourth-order valence-electron chi connectivity index (χ4n) is 1.90. The molecule has 2 aromatic heterocycles. The van der Waals surface area contributed by atoms with Crippen molar-refractivity contribution >= 4 is 46.3 Å². The van der Waals surface area contributed by atoms with Crippen LogP contribution in [0.25, 0.3) is 11.0 Å². The minimum atomic E-state index is 0.380. The third-order valence-corrected chi connectivity index (χ3v) is 5.67. The molecule has 3 rings (SSSR count). The molecule has 7 nitrogen and oxygen atoms in total. The predicted molar refractivity (Wildman–Crippen MR) is 81.6 cm³/mol. The number of nitrogens with two attached hydrogens (primary N) is 1. The van der Waals surface area contributed by atoms with E-state index in [1.165, 1.54) is 17.3 Å². The summed E-state index contributed by atoms with van der Waals surface area (Å²) in [5.41, 5.74) is 3.14. The molecule has 1 fully saturated rings. The molecular weight excluding hydrogens is 282 g/mol. The summed E-state index contributed by atoms with van der Waals surface area (Å²) in [6.45, 7) is 0.888. The number of nitrogens with one attached hydrogen (secondary N) is 3. The number of hydrogen-bond acceptors (Lipinski definition) is 8. The van der Waals surface area contributed by atoms with Crippen LogP contribution in [0, 0.1) is 0 Å². The van der Waals surface area contributed by atoms with Gasteiger partial charge in [0.2, 0.25) is 5.95 Å². The highest BCUT2D eigenvalue weighted by Crippen LogP contribution is 2.25. The van der Waals surface area contributed by atoms with Crippen molar-refractivity contribution < 1.29 is 0 Å². The number of hydrogen-bond donors (Lipinski definition) is 4. The molecule has 0 saturated carbocycles. The molecule has 0 aromatic carbocycles. The van der Waals surface area contributed by atoms with Crippen LogP contribution in [0.1, 0.15) is 0 Å². The lowest BCUT2D eigenvalue weighted by Crippen LogP contribution is -2.24. The number of H-pyrrole nitrogens is 1. The van der Waals surface area contributed by atoms with Crippen LogP contribution in [0.2, 0.25) is 0 Å². The number of rotatable bonds is 4. The topological polar surface area (TPSA) is 105 Å². The number of anilines is 2. The lowest BCUT2D eigenvalue weighted by molar-refractivity contribution is 0.991. The predicted octanol–water partition coefficient (Wildman–Crippen LogP) is 0.899. The van der Waals surface area contributed by atoms with Crippen LogP contribution < -0.4 is 16.6 Å². The van der Waals surface area contributed by atoms with Crippen molar-refractivity contribution in [3.63, 3.8) is 0 Å². The normalized spacial score (nSPS) is 19.5. The minimum Gasteiger partial charge on any atom is -0.368 e. The van der Waals surface area contributed by atoms with Gasteiger partial charge in [-0.2, -0.15) is 38.6 Å². The van der Waals surface area contributed by atoms with Crippen LogP contribution in [-0.2, 0) is 0 Å². The largest absolute Gasteiger partial charge is 0.368 e. The van der Waals surface area contributed by atoms with E-state index >= 15 is 0 Å². The number of nitrogen functional groups attached to an aromatic ring is 1. The molecule has 2 aromatic rings. The van der Waals surface area contributed by atoms with E-state index in [2.05, 4.69) is 30.9 Å². The van der Waals surface area contributed by atoms with E-state index in [0.717, 1.165) is 17.7 Å². The molecule has 9 heteroatoms. The van der Waals surface area contributed by atoms with E-state index in [0.29, 0.717) is 16.8 Å². The van der Waals surface area contributed by atoms with Crippen molar-refractivity contribution in [2.45, 2.75) is 5.25 Å².